The molecular weight excluding hydrogens is 288 g/mol. The Morgan fingerprint density at radius 2 is 0.708 bits per heavy atom. The van der Waals surface area contributed by atoms with Crippen LogP contribution >= 0.6 is 0 Å². The summed E-state index contributed by atoms with van der Waals surface area (Å²) in [5.41, 5.74) is 0. The highest BCUT2D eigenvalue weighted by atomic mass is 14.6. The van der Waals surface area contributed by atoms with Crippen LogP contribution in [0.5, 0.6) is 0 Å². The van der Waals surface area contributed by atoms with Gasteiger partial charge in [-0.1, -0.05) is 38.5 Å². The van der Waals surface area contributed by atoms with Crippen LogP contribution in [0.3, 0.4) is 0 Å². The van der Waals surface area contributed by atoms with Gasteiger partial charge < -0.3 is 0 Å². The van der Waals surface area contributed by atoms with E-state index in [4.69, 9.17) is 0 Å². The third-order valence-corrected chi connectivity index (χ3v) is 10.5. The van der Waals surface area contributed by atoms with Gasteiger partial charge in [0.15, 0.2) is 0 Å². The number of hydrogen-bond donors (Lipinski definition) is 0. The molecule has 0 heteroatoms. The van der Waals surface area contributed by atoms with E-state index in [0.29, 0.717) is 0 Å². The highest BCUT2D eigenvalue weighted by molar-refractivity contribution is 5.03. The minimum Gasteiger partial charge on any atom is -0.0530 e. The summed E-state index contributed by atoms with van der Waals surface area (Å²) in [6.45, 7) is 0. The summed E-state index contributed by atoms with van der Waals surface area (Å²) in [5, 5.41) is 0. The van der Waals surface area contributed by atoms with E-state index < -0.39 is 0 Å². The molecule has 0 aromatic rings. The summed E-state index contributed by atoms with van der Waals surface area (Å²) in [7, 11) is 0. The molecule has 0 aromatic carbocycles. The van der Waals surface area contributed by atoms with E-state index in [-0.39, 0.29) is 0 Å². The highest BCUT2D eigenvalue weighted by Crippen LogP contribution is 2.63. The molecule has 0 amide bonds. The second kappa shape index (κ2) is 5.75. The zero-order valence-electron chi connectivity index (χ0n) is 15.7. The Kier molecular flexibility index (Phi) is 3.62. The van der Waals surface area contributed by atoms with Crippen molar-refractivity contribution in [3.05, 3.63) is 0 Å². The van der Waals surface area contributed by atoms with Crippen molar-refractivity contribution in [2.45, 2.75) is 89.9 Å². The first-order valence-corrected chi connectivity index (χ1v) is 11.9. The van der Waals surface area contributed by atoms with Crippen LogP contribution in [0.15, 0.2) is 0 Å². The molecule has 6 rings (SSSR count). The van der Waals surface area contributed by atoms with Crippen LogP contribution in [0.1, 0.15) is 89.9 Å². The van der Waals surface area contributed by atoms with E-state index in [1.54, 1.807) is 89.9 Å². The maximum atomic E-state index is 1.68. The minimum atomic E-state index is 1.16. The monoisotopic (exact) mass is 326 g/mol. The lowest BCUT2D eigenvalue weighted by molar-refractivity contribution is 0.0191. The van der Waals surface area contributed by atoms with Gasteiger partial charge in [-0.3, -0.25) is 0 Å². The van der Waals surface area contributed by atoms with E-state index in [0.717, 1.165) is 23.7 Å². The van der Waals surface area contributed by atoms with Crippen molar-refractivity contribution in [1.29, 1.82) is 0 Å². The lowest BCUT2D eigenvalue weighted by atomic mass is 9.57. The fraction of sp³-hybridized carbons (Fsp3) is 1.00. The molecule has 6 saturated carbocycles. The second-order valence-electron chi connectivity index (χ2n) is 11.2. The first-order valence-electron chi connectivity index (χ1n) is 11.9. The minimum absolute atomic E-state index is 1.16. The fourth-order valence-electron chi connectivity index (χ4n) is 9.73. The fourth-order valence-corrected chi connectivity index (χ4v) is 9.73. The van der Waals surface area contributed by atoms with Crippen LogP contribution in [0, 0.1) is 59.2 Å². The first kappa shape index (κ1) is 15.1. The van der Waals surface area contributed by atoms with Crippen LogP contribution in [0.2, 0.25) is 0 Å². The summed E-state index contributed by atoms with van der Waals surface area (Å²) >= 11 is 0. The van der Waals surface area contributed by atoms with Crippen molar-refractivity contribution < 1.29 is 0 Å². The lowest BCUT2D eigenvalue weighted by Gasteiger charge is -2.48. The summed E-state index contributed by atoms with van der Waals surface area (Å²) in [6.07, 6.45) is 22.6. The van der Waals surface area contributed by atoms with Crippen LogP contribution in [-0.4, -0.2) is 0 Å². The van der Waals surface area contributed by atoms with Gasteiger partial charge in [0, 0.05) is 0 Å². The highest BCUT2D eigenvalue weighted by Gasteiger charge is 2.54. The predicted molar refractivity (Wildman–Crippen MR) is 99.5 cm³/mol. The lowest BCUT2D eigenvalue weighted by Crippen LogP contribution is -2.39. The Morgan fingerprint density at radius 1 is 0.292 bits per heavy atom. The van der Waals surface area contributed by atoms with Crippen molar-refractivity contribution >= 4 is 0 Å². The average Bonchev–Trinajstić information content (AvgIpc) is 3.15. The molecule has 0 bridgehead atoms. The van der Waals surface area contributed by atoms with Gasteiger partial charge in [-0.2, -0.15) is 0 Å². The molecule has 6 aliphatic rings. The molecule has 6 fully saturated rings. The normalized spacial score (nSPS) is 59.0. The molecule has 0 nitrogen and oxygen atoms in total. The third kappa shape index (κ3) is 2.23. The standard InChI is InChI=1S/C24H38/c1-3-7-21-15(5-1)9-19-11-17-14-24-20(12-18(17)13-23(19)21)10-16-6-2-4-8-22(16)24/h15-24H,1-14H2. The summed E-state index contributed by atoms with van der Waals surface area (Å²) < 4.78 is 0. The summed E-state index contributed by atoms with van der Waals surface area (Å²) in [6, 6.07) is 0. The van der Waals surface area contributed by atoms with E-state index in [1.807, 2.05) is 0 Å². The molecular formula is C24H38. The maximum Gasteiger partial charge on any atom is -0.0352 e. The molecule has 0 spiro atoms. The Bertz CT molecular complexity index is 436. The van der Waals surface area contributed by atoms with Crippen molar-refractivity contribution in [3.63, 3.8) is 0 Å². The van der Waals surface area contributed by atoms with E-state index >= 15 is 0 Å². The Labute approximate surface area is 149 Å². The quantitative estimate of drug-likeness (QED) is 0.465. The van der Waals surface area contributed by atoms with Crippen LogP contribution in [-0.2, 0) is 0 Å². The Morgan fingerprint density at radius 3 is 1.21 bits per heavy atom. The maximum absolute atomic E-state index is 1.68. The third-order valence-electron chi connectivity index (χ3n) is 10.5. The van der Waals surface area contributed by atoms with Gasteiger partial charge in [-0.25, -0.2) is 0 Å². The molecule has 0 heterocycles. The Hall–Kier alpha value is 0. The van der Waals surface area contributed by atoms with Gasteiger partial charge in [-0.05, 0) is 111 Å². The zero-order chi connectivity index (χ0) is 15.7. The smallest absolute Gasteiger partial charge is 0.0352 e. The molecule has 0 radical (unpaired) electrons. The molecule has 0 saturated heterocycles. The first-order chi connectivity index (χ1) is 11.9. The predicted octanol–water partition coefficient (Wildman–Crippen LogP) is 6.69. The molecule has 6 aliphatic carbocycles. The van der Waals surface area contributed by atoms with Crippen molar-refractivity contribution in [3.8, 4) is 0 Å². The van der Waals surface area contributed by atoms with Gasteiger partial charge in [0.25, 0.3) is 0 Å². The number of rotatable bonds is 0. The van der Waals surface area contributed by atoms with Crippen LogP contribution < -0.4 is 0 Å². The molecule has 10 atom stereocenters. The second-order valence-corrected chi connectivity index (χ2v) is 11.2. The molecule has 0 N–H and O–H groups in total. The van der Waals surface area contributed by atoms with E-state index in [1.165, 1.54) is 35.5 Å². The van der Waals surface area contributed by atoms with E-state index in [2.05, 4.69) is 0 Å². The van der Waals surface area contributed by atoms with Crippen LogP contribution in [0.25, 0.3) is 0 Å². The average molecular weight is 327 g/mol. The number of fused-ring (bicyclic) bond motifs is 7. The zero-order valence-corrected chi connectivity index (χ0v) is 15.7. The molecule has 24 heavy (non-hydrogen) atoms. The summed E-state index contributed by atoms with van der Waals surface area (Å²) in [4.78, 5) is 0. The van der Waals surface area contributed by atoms with Gasteiger partial charge in [-0.15, -0.1) is 0 Å². The van der Waals surface area contributed by atoms with Gasteiger partial charge in [0.2, 0.25) is 0 Å². The van der Waals surface area contributed by atoms with Crippen molar-refractivity contribution in [2.75, 3.05) is 0 Å². The summed E-state index contributed by atoms with van der Waals surface area (Å²) in [5.74, 6) is 11.7. The molecule has 0 aromatic heterocycles. The topological polar surface area (TPSA) is 0 Å². The van der Waals surface area contributed by atoms with Crippen molar-refractivity contribution in [1.82, 2.24) is 0 Å². The molecule has 134 valence electrons. The van der Waals surface area contributed by atoms with Crippen molar-refractivity contribution in [2.24, 2.45) is 59.2 Å². The van der Waals surface area contributed by atoms with Gasteiger partial charge in [0.05, 0.1) is 0 Å². The molecule has 0 aliphatic heterocycles. The molecule has 10 unspecified atom stereocenters. The van der Waals surface area contributed by atoms with E-state index in [9.17, 15) is 0 Å². The van der Waals surface area contributed by atoms with Gasteiger partial charge in [0.1, 0.15) is 0 Å². The number of hydrogen-bond acceptors (Lipinski definition) is 0. The Balaban J connectivity index is 1.20. The van der Waals surface area contributed by atoms with Gasteiger partial charge >= 0.3 is 0 Å². The van der Waals surface area contributed by atoms with Crippen LogP contribution in [0.4, 0.5) is 0 Å². The SMILES string of the molecule is C1CCC2C(C1)CC1CC3CC4C(CC3CC12)CC1CCCCC14. The largest absolute Gasteiger partial charge is 0.0530 e.